The predicted octanol–water partition coefficient (Wildman–Crippen LogP) is 5.20. The summed E-state index contributed by atoms with van der Waals surface area (Å²) in [6, 6.07) is 14.4. The first-order valence-corrected chi connectivity index (χ1v) is 10.5. The summed E-state index contributed by atoms with van der Waals surface area (Å²) in [5.74, 6) is -0.321. The van der Waals surface area contributed by atoms with Crippen LogP contribution in [0.25, 0.3) is 10.9 Å². The van der Waals surface area contributed by atoms with Crippen molar-refractivity contribution in [3.63, 3.8) is 0 Å². The molecular weight excluding hydrogens is 362 g/mol. The number of nitrogens with zero attached hydrogens (tertiary/aromatic N) is 1. The van der Waals surface area contributed by atoms with Gasteiger partial charge in [0.2, 0.25) is 0 Å². The van der Waals surface area contributed by atoms with E-state index in [0.717, 1.165) is 60.7 Å². The maximum Gasteiger partial charge on any atom is 0.338 e. The van der Waals surface area contributed by atoms with Gasteiger partial charge in [0.15, 0.2) is 0 Å². The topological polar surface area (TPSA) is 51.5 Å². The lowest BCUT2D eigenvalue weighted by atomic mass is 10.0. The van der Waals surface area contributed by atoms with Crippen LogP contribution in [-0.2, 0) is 30.7 Å². The Bertz CT molecular complexity index is 973. The molecule has 0 saturated carbocycles. The largest absolute Gasteiger partial charge is 0.465 e. The summed E-state index contributed by atoms with van der Waals surface area (Å²) in [5, 5.41) is 11.2. The van der Waals surface area contributed by atoms with E-state index < -0.39 is 0 Å². The SMILES string of the molecule is CCCCCc1c(CO)c2cc(C)c(C(=O)OC)cc2n1CCc1ccccc1. The van der Waals surface area contributed by atoms with Gasteiger partial charge in [-0.25, -0.2) is 4.79 Å². The molecule has 3 aromatic rings. The number of unbranched alkanes of at least 4 members (excludes halogenated alkanes) is 2. The van der Waals surface area contributed by atoms with Crippen LogP contribution in [0.15, 0.2) is 42.5 Å². The van der Waals surface area contributed by atoms with E-state index >= 15 is 0 Å². The fourth-order valence-corrected chi connectivity index (χ4v) is 4.10. The zero-order chi connectivity index (χ0) is 20.8. The Labute approximate surface area is 173 Å². The van der Waals surface area contributed by atoms with E-state index in [0.29, 0.717) is 5.56 Å². The standard InChI is InChI=1S/C25H31NO3/c1-4-5-7-12-23-22(17-27)21-15-18(2)20(25(28)29-3)16-24(21)26(23)14-13-19-10-8-6-9-11-19/h6,8-11,15-16,27H,4-5,7,12-14,17H2,1-3H3. The number of fused-ring (bicyclic) bond motifs is 1. The van der Waals surface area contributed by atoms with E-state index in [-0.39, 0.29) is 12.6 Å². The first kappa shape index (κ1) is 21.1. The number of carbonyl (C=O) groups excluding carboxylic acids is 1. The van der Waals surface area contributed by atoms with Gasteiger partial charge in [-0.2, -0.15) is 0 Å². The molecule has 0 amide bonds. The number of aliphatic hydroxyl groups is 1. The lowest BCUT2D eigenvalue weighted by Gasteiger charge is -2.13. The molecule has 0 aliphatic heterocycles. The monoisotopic (exact) mass is 393 g/mol. The minimum Gasteiger partial charge on any atom is -0.465 e. The number of carbonyl (C=O) groups is 1. The zero-order valence-electron chi connectivity index (χ0n) is 17.7. The summed E-state index contributed by atoms with van der Waals surface area (Å²) in [6.45, 7) is 4.94. The Balaban J connectivity index is 2.11. The van der Waals surface area contributed by atoms with Crippen molar-refractivity contribution in [3.8, 4) is 0 Å². The molecule has 0 aliphatic rings. The molecule has 4 nitrogen and oxygen atoms in total. The van der Waals surface area contributed by atoms with Crippen LogP contribution >= 0.6 is 0 Å². The molecule has 2 aromatic carbocycles. The summed E-state index contributed by atoms with van der Waals surface area (Å²) in [5.41, 5.74) is 5.92. The molecule has 0 spiro atoms. The van der Waals surface area contributed by atoms with Crippen LogP contribution in [0.2, 0.25) is 0 Å². The summed E-state index contributed by atoms with van der Waals surface area (Å²) < 4.78 is 7.28. The lowest BCUT2D eigenvalue weighted by molar-refractivity contribution is 0.0600. The number of methoxy groups -OCH3 is 1. The molecule has 0 aliphatic carbocycles. The molecule has 29 heavy (non-hydrogen) atoms. The van der Waals surface area contributed by atoms with Crippen LogP contribution in [0.5, 0.6) is 0 Å². The normalized spacial score (nSPS) is 11.2. The van der Waals surface area contributed by atoms with Crippen molar-refractivity contribution in [2.75, 3.05) is 7.11 Å². The smallest absolute Gasteiger partial charge is 0.338 e. The van der Waals surface area contributed by atoms with Crippen LogP contribution < -0.4 is 0 Å². The van der Waals surface area contributed by atoms with E-state index in [2.05, 4.69) is 35.8 Å². The quantitative estimate of drug-likeness (QED) is 0.401. The molecule has 0 unspecified atom stereocenters. The first-order valence-electron chi connectivity index (χ1n) is 10.5. The van der Waals surface area contributed by atoms with Crippen LogP contribution in [0.1, 0.15) is 58.9 Å². The molecule has 3 rings (SSSR count). The summed E-state index contributed by atoms with van der Waals surface area (Å²) in [6.07, 6.45) is 5.24. The number of hydrogen-bond acceptors (Lipinski definition) is 3. The summed E-state index contributed by atoms with van der Waals surface area (Å²) >= 11 is 0. The Morgan fingerprint density at radius 2 is 1.86 bits per heavy atom. The molecule has 0 atom stereocenters. The van der Waals surface area contributed by atoms with Gasteiger partial charge < -0.3 is 14.4 Å². The molecule has 1 N–H and O–H groups in total. The van der Waals surface area contributed by atoms with Crippen molar-refractivity contribution in [1.29, 1.82) is 0 Å². The fourth-order valence-electron chi connectivity index (χ4n) is 4.10. The van der Waals surface area contributed by atoms with Gasteiger partial charge in [0, 0.05) is 28.7 Å². The third kappa shape index (κ3) is 4.54. The number of ether oxygens (including phenoxy) is 1. The number of hydrogen-bond donors (Lipinski definition) is 1. The van der Waals surface area contributed by atoms with Gasteiger partial charge in [0.1, 0.15) is 0 Å². The molecule has 154 valence electrons. The van der Waals surface area contributed by atoms with Gasteiger partial charge in [0.25, 0.3) is 0 Å². The second kappa shape index (κ2) is 9.75. The highest BCUT2D eigenvalue weighted by Crippen LogP contribution is 2.31. The number of esters is 1. The van der Waals surface area contributed by atoms with Gasteiger partial charge in [-0.05, 0) is 49.4 Å². The number of aromatic nitrogens is 1. The minimum absolute atomic E-state index is 0.00725. The molecule has 1 heterocycles. The third-order valence-electron chi connectivity index (χ3n) is 5.68. The maximum atomic E-state index is 12.3. The van der Waals surface area contributed by atoms with Crippen LogP contribution in [0.4, 0.5) is 0 Å². The third-order valence-corrected chi connectivity index (χ3v) is 5.68. The maximum absolute atomic E-state index is 12.3. The predicted molar refractivity (Wildman–Crippen MR) is 117 cm³/mol. The Morgan fingerprint density at radius 3 is 2.52 bits per heavy atom. The summed E-state index contributed by atoms with van der Waals surface area (Å²) in [4.78, 5) is 12.3. The van der Waals surface area contributed by atoms with E-state index in [9.17, 15) is 9.90 Å². The fraction of sp³-hybridized carbons (Fsp3) is 0.400. The molecule has 0 saturated heterocycles. The average Bonchev–Trinajstić information content (AvgIpc) is 3.03. The molecule has 1 aromatic heterocycles. The van der Waals surface area contributed by atoms with Gasteiger partial charge in [-0.3, -0.25) is 0 Å². The van der Waals surface area contributed by atoms with Crippen molar-refractivity contribution in [2.45, 2.75) is 59.1 Å². The Morgan fingerprint density at radius 1 is 1.10 bits per heavy atom. The van der Waals surface area contributed by atoms with E-state index in [1.54, 1.807) is 0 Å². The number of benzene rings is 2. The van der Waals surface area contributed by atoms with E-state index in [1.807, 2.05) is 25.1 Å². The van der Waals surface area contributed by atoms with Crippen molar-refractivity contribution >= 4 is 16.9 Å². The minimum atomic E-state index is -0.321. The molecule has 0 bridgehead atoms. The van der Waals surface area contributed by atoms with Crippen LogP contribution in [0.3, 0.4) is 0 Å². The number of rotatable bonds is 9. The van der Waals surface area contributed by atoms with E-state index in [1.165, 1.54) is 18.4 Å². The highest BCUT2D eigenvalue weighted by molar-refractivity contribution is 5.97. The number of aliphatic hydroxyl groups excluding tert-OH is 1. The van der Waals surface area contributed by atoms with Crippen molar-refractivity contribution in [2.24, 2.45) is 0 Å². The lowest BCUT2D eigenvalue weighted by Crippen LogP contribution is -2.08. The van der Waals surface area contributed by atoms with Crippen molar-refractivity contribution in [3.05, 3.63) is 70.4 Å². The zero-order valence-corrected chi connectivity index (χ0v) is 17.7. The number of aryl methyl sites for hydroxylation is 3. The van der Waals surface area contributed by atoms with Crippen molar-refractivity contribution < 1.29 is 14.6 Å². The van der Waals surface area contributed by atoms with Crippen LogP contribution in [-0.4, -0.2) is 22.8 Å². The van der Waals surface area contributed by atoms with Gasteiger partial charge in [-0.1, -0.05) is 50.1 Å². The highest BCUT2D eigenvalue weighted by atomic mass is 16.5. The second-order valence-corrected chi connectivity index (χ2v) is 7.60. The van der Waals surface area contributed by atoms with Crippen molar-refractivity contribution in [1.82, 2.24) is 4.57 Å². The average molecular weight is 394 g/mol. The van der Waals surface area contributed by atoms with Gasteiger partial charge >= 0.3 is 5.97 Å². The van der Waals surface area contributed by atoms with Gasteiger partial charge in [0.05, 0.1) is 19.3 Å². The summed E-state index contributed by atoms with van der Waals surface area (Å²) in [7, 11) is 1.41. The molecule has 0 fully saturated rings. The molecular formula is C25H31NO3. The Kier molecular flexibility index (Phi) is 7.10. The molecule has 4 heteroatoms. The van der Waals surface area contributed by atoms with Crippen LogP contribution in [0, 0.1) is 6.92 Å². The van der Waals surface area contributed by atoms with E-state index in [4.69, 9.17) is 4.74 Å². The molecule has 0 radical (unpaired) electrons. The first-order chi connectivity index (χ1) is 14.1. The van der Waals surface area contributed by atoms with Gasteiger partial charge in [-0.15, -0.1) is 0 Å². The second-order valence-electron chi connectivity index (χ2n) is 7.60. The Hall–Kier alpha value is -2.59. The highest BCUT2D eigenvalue weighted by Gasteiger charge is 2.20.